The number of benzene rings is 2. The van der Waals surface area contributed by atoms with Gasteiger partial charge in [0.05, 0.1) is 31.1 Å². The number of phenols is 1. The summed E-state index contributed by atoms with van der Waals surface area (Å²) in [6.45, 7) is 4.84. The zero-order valence-corrected chi connectivity index (χ0v) is 14.9. The maximum Gasteiger partial charge on any atom is 0.126 e. The first kappa shape index (κ1) is 16.8. The number of phenolic OH excluding ortho intramolecular Hbond substituents is 1. The number of nitrogens with zero attached hydrogens (tertiary/aromatic N) is 2. The van der Waals surface area contributed by atoms with Gasteiger partial charge in [0.1, 0.15) is 11.6 Å². The SMILES string of the molecule is Cc1ccc(-c2cnc([C@@H]3COCCN3Cc3ccccc3O)[nH]2)cc1. The average Bonchev–Trinajstić information content (AvgIpc) is 3.15. The van der Waals surface area contributed by atoms with Crippen LogP contribution in [0.2, 0.25) is 0 Å². The first-order valence-corrected chi connectivity index (χ1v) is 8.91. The van der Waals surface area contributed by atoms with Crippen molar-refractivity contribution < 1.29 is 9.84 Å². The summed E-state index contributed by atoms with van der Waals surface area (Å²) in [5.74, 6) is 1.23. The summed E-state index contributed by atoms with van der Waals surface area (Å²) >= 11 is 0. The second kappa shape index (κ2) is 7.32. The molecule has 1 aliphatic rings. The Morgan fingerprint density at radius 2 is 2.00 bits per heavy atom. The van der Waals surface area contributed by atoms with E-state index in [-0.39, 0.29) is 6.04 Å². The first-order chi connectivity index (χ1) is 12.7. The van der Waals surface area contributed by atoms with Crippen LogP contribution in [0.25, 0.3) is 11.3 Å². The van der Waals surface area contributed by atoms with Gasteiger partial charge in [-0.15, -0.1) is 0 Å². The largest absolute Gasteiger partial charge is 0.508 e. The number of hydrogen-bond acceptors (Lipinski definition) is 4. The molecule has 0 spiro atoms. The molecule has 2 N–H and O–H groups in total. The molecule has 2 heterocycles. The molecule has 0 bridgehead atoms. The highest BCUT2D eigenvalue weighted by molar-refractivity contribution is 5.58. The molecule has 3 aromatic rings. The van der Waals surface area contributed by atoms with Crippen LogP contribution >= 0.6 is 0 Å². The zero-order valence-electron chi connectivity index (χ0n) is 14.9. The topological polar surface area (TPSA) is 61.4 Å². The van der Waals surface area contributed by atoms with Gasteiger partial charge in [0.15, 0.2) is 0 Å². The number of hydrogen-bond donors (Lipinski definition) is 2. The summed E-state index contributed by atoms with van der Waals surface area (Å²) in [6.07, 6.45) is 1.88. The fraction of sp³-hybridized carbons (Fsp3) is 0.286. The van der Waals surface area contributed by atoms with E-state index in [0.29, 0.717) is 25.5 Å². The molecule has 2 aromatic carbocycles. The summed E-state index contributed by atoms with van der Waals surface area (Å²) in [4.78, 5) is 10.4. The fourth-order valence-electron chi connectivity index (χ4n) is 3.33. The lowest BCUT2D eigenvalue weighted by atomic mass is 10.1. The molecular weight excluding hydrogens is 326 g/mol. The standard InChI is InChI=1S/C21H23N3O2/c1-15-6-8-16(9-7-15)18-12-22-21(23-18)19-14-26-11-10-24(19)13-17-4-2-3-5-20(17)25/h2-9,12,19,25H,10-11,13-14H2,1H3,(H,22,23)/t19-/m0/s1. The number of H-pyrrole nitrogens is 1. The Labute approximate surface area is 153 Å². The van der Waals surface area contributed by atoms with Gasteiger partial charge in [-0.1, -0.05) is 48.0 Å². The van der Waals surface area contributed by atoms with Crippen LogP contribution < -0.4 is 0 Å². The van der Waals surface area contributed by atoms with Crippen molar-refractivity contribution >= 4 is 0 Å². The molecule has 0 aliphatic carbocycles. The van der Waals surface area contributed by atoms with E-state index < -0.39 is 0 Å². The number of aromatic hydroxyl groups is 1. The Hall–Kier alpha value is -2.63. The van der Waals surface area contributed by atoms with Crippen LogP contribution in [-0.2, 0) is 11.3 Å². The molecule has 1 atom stereocenters. The molecule has 5 heteroatoms. The Balaban J connectivity index is 1.57. The molecule has 0 radical (unpaired) electrons. The van der Waals surface area contributed by atoms with Gasteiger partial charge < -0.3 is 14.8 Å². The van der Waals surface area contributed by atoms with Gasteiger partial charge in [-0.05, 0) is 18.6 Å². The van der Waals surface area contributed by atoms with Gasteiger partial charge in [-0.25, -0.2) is 4.98 Å². The van der Waals surface area contributed by atoms with Crippen LogP contribution in [0, 0.1) is 6.92 Å². The van der Waals surface area contributed by atoms with Crippen LogP contribution in [-0.4, -0.2) is 39.7 Å². The van der Waals surface area contributed by atoms with Gasteiger partial charge in [0, 0.05) is 18.7 Å². The molecule has 1 saturated heterocycles. The summed E-state index contributed by atoms with van der Waals surface area (Å²) in [5.41, 5.74) is 4.29. The molecule has 1 fully saturated rings. The zero-order chi connectivity index (χ0) is 17.9. The van der Waals surface area contributed by atoms with Crippen molar-refractivity contribution in [3.63, 3.8) is 0 Å². The number of ether oxygens (including phenoxy) is 1. The second-order valence-corrected chi connectivity index (χ2v) is 6.74. The lowest BCUT2D eigenvalue weighted by molar-refractivity contribution is -0.0158. The fourth-order valence-corrected chi connectivity index (χ4v) is 3.33. The molecule has 134 valence electrons. The van der Waals surface area contributed by atoms with E-state index in [1.807, 2.05) is 24.4 Å². The molecule has 1 aliphatic heterocycles. The van der Waals surface area contributed by atoms with Crippen LogP contribution in [0.4, 0.5) is 0 Å². The number of nitrogens with one attached hydrogen (secondary N) is 1. The van der Waals surface area contributed by atoms with Crippen LogP contribution in [0.15, 0.2) is 54.7 Å². The highest BCUT2D eigenvalue weighted by Gasteiger charge is 2.27. The minimum absolute atomic E-state index is 0.0440. The number of aromatic amines is 1. The van der Waals surface area contributed by atoms with Crippen LogP contribution in [0.5, 0.6) is 5.75 Å². The van der Waals surface area contributed by atoms with Crippen molar-refractivity contribution in [1.82, 2.24) is 14.9 Å². The summed E-state index contributed by atoms with van der Waals surface area (Å²) < 4.78 is 5.70. The molecule has 26 heavy (non-hydrogen) atoms. The van der Waals surface area contributed by atoms with Gasteiger partial charge in [-0.2, -0.15) is 0 Å². The second-order valence-electron chi connectivity index (χ2n) is 6.74. The van der Waals surface area contributed by atoms with Crippen molar-refractivity contribution in [1.29, 1.82) is 0 Å². The van der Waals surface area contributed by atoms with Crippen molar-refractivity contribution in [3.05, 3.63) is 71.7 Å². The van der Waals surface area contributed by atoms with Crippen LogP contribution in [0.1, 0.15) is 23.0 Å². The number of rotatable bonds is 4. The minimum Gasteiger partial charge on any atom is -0.508 e. The van der Waals surface area contributed by atoms with E-state index in [0.717, 1.165) is 29.2 Å². The lowest BCUT2D eigenvalue weighted by Crippen LogP contribution is -2.39. The first-order valence-electron chi connectivity index (χ1n) is 8.91. The summed E-state index contributed by atoms with van der Waals surface area (Å²) in [6, 6.07) is 15.9. The van der Waals surface area contributed by atoms with Crippen LogP contribution in [0.3, 0.4) is 0 Å². The number of imidazole rings is 1. The molecule has 0 amide bonds. The van der Waals surface area contributed by atoms with Gasteiger partial charge in [0.2, 0.25) is 0 Å². The van der Waals surface area contributed by atoms with Crippen molar-refractivity contribution in [3.8, 4) is 17.0 Å². The number of aryl methyl sites for hydroxylation is 1. The third kappa shape index (κ3) is 3.49. The molecule has 5 nitrogen and oxygen atoms in total. The number of para-hydroxylation sites is 1. The Bertz CT molecular complexity index is 873. The van der Waals surface area contributed by atoms with E-state index in [4.69, 9.17) is 4.74 Å². The van der Waals surface area contributed by atoms with Crippen molar-refractivity contribution in [2.75, 3.05) is 19.8 Å². The number of aromatic nitrogens is 2. The van der Waals surface area contributed by atoms with Gasteiger partial charge >= 0.3 is 0 Å². The van der Waals surface area contributed by atoms with Gasteiger partial charge in [-0.3, -0.25) is 4.90 Å². The van der Waals surface area contributed by atoms with E-state index in [1.54, 1.807) is 6.07 Å². The summed E-state index contributed by atoms with van der Waals surface area (Å²) in [5, 5.41) is 10.1. The maximum atomic E-state index is 10.1. The molecule has 0 unspecified atom stereocenters. The van der Waals surface area contributed by atoms with E-state index in [1.165, 1.54) is 5.56 Å². The Kier molecular flexibility index (Phi) is 4.73. The van der Waals surface area contributed by atoms with Crippen molar-refractivity contribution in [2.45, 2.75) is 19.5 Å². The highest BCUT2D eigenvalue weighted by Crippen LogP contribution is 2.28. The van der Waals surface area contributed by atoms with E-state index in [9.17, 15) is 5.11 Å². The number of morpholine rings is 1. The minimum atomic E-state index is 0.0440. The molecule has 4 rings (SSSR count). The third-order valence-electron chi connectivity index (χ3n) is 4.88. The predicted molar refractivity (Wildman–Crippen MR) is 101 cm³/mol. The smallest absolute Gasteiger partial charge is 0.126 e. The Morgan fingerprint density at radius 1 is 1.19 bits per heavy atom. The van der Waals surface area contributed by atoms with E-state index in [2.05, 4.69) is 46.1 Å². The Morgan fingerprint density at radius 3 is 2.81 bits per heavy atom. The third-order valence-corrected chi connectivity index (χ3v) is 4.88. The molecular formula is C21H23N3O2. The average molecular weight is 349 g/mol. The highest BCUT2D eigenvalue weighted by atomic mass is 16.5. The summed E-state index contributed by atoms with van der Waals surface area (Å²) in [7, 11) is 0. The normalized spacial score (nSPS) is 18.1. The lowest BCUT2D eigenvalue weighted by Gasteiger charge is -2.34. The maximum absolute atomic E-state index is 10.1. The van der Waals surface area contributed by atoms with E-state index >= 15 is 0 Å². The monoisotopic (exact) mass is 349 g/mol. The molecule has 0 saturated carbocycles. The molecule has 1 aromatic heterocycles. The van der Waals surface area contributed by atoms with Crippen molar-refractivity contribution in [2.24, 2.45) is 0 Å². The van der Waals surface area contributed by atoms with Gasteiger partial charge in [0.25, 0.3) is 0 Å². The predicted octanol–water partition coefficient (Wildman–Crippen LogP) is 3.66. The quantitative estimate of drug-likeness (QED) is 0.754.